The van der Waals surface area contributed by atoms with E-state index < -0.39 is 10.0 Å². The van der Waals surface area contributed by atoms with Crippen molar-refractivity contribution in [1.29, 1.82) is 0 Å². The number of carbonyl (C=O) groups excluding carboxylic acids is 1. The number of rotatable bonds is 8. The van der Waals surface area contributed by atoms with Gasteiger partial charge in [0.1, 0.15) is 5.75 Å². The van der Waals surface area contributed by atoms with Crippen molar-refractivity contribution in [3.63, 3.8) is 0 Å². The molecule has 3 aromatic rings. The molecule has 7 heteroatoms. The molecule has 0 saturated carbocycles. The Morgan fingerprint density at radius 3 is 2.21 bits per heavy atom. The largest absolute Gasteiger partial charge is 0.484 e. The monoisotopic (exact) mass is 410 g/mol. The van der Waals surface area contributed by atoms with Crippen LogP contribution in [0.1, 0.15) is 11.1 Å². The molecule has 0 aliphatic rings. The van der Waals surface area contributed by atoms with E-state index in [1.165, 1.54) is 24.3 Å². The highest BCUT2D eigenvalue weighted by Gasteiger charge is 2.14. The van der Waals surface area contributed by atoms with Gasteiger partial charge in [0.2, 0.25) is 10.0 Å². The lowest BCUT2D eigenvalue weighted by molar-refractivity contribution is -0.118. The van der Waals surface area contributed by atoms with Crippen molar-refractivity contribution in [3.8, 4) is 5.75 Å². The summed E-state index contributed by atoms with van der Waals surface area (Å²) in [5.74, 6) is 0.112. The predicted molar refractivity (Wildman–Crippen MR) is 112 cm³/mol. The summed E-state index contributed by atoms with van der Waals surface area (Å²) in [6.45, 7) is 2.00. The number of hydrogen-bond acceptors (Lipinski definition) is 4. The minimum Gasteiger partial charge on any atom is -0.484 e. The predicted octanol–water partition coefficient (Wildman–Crippen LogP) is 3.49. The third-order valence-corrected chi connectivity index (χ3v) is 5.57. The van der Waals surface area contributed by atoms with Gasteiger partial charge in [-0.05, 0) is 48.9 Å². The highest BCUT2D eigenvalue weighted by Crippen LogP contribution is 2.16. The smallest absolute Gasteiger partial charge is 0.262 e. The topological polar surface area (TPSA) is 84.5 Å². The van der Waals surface area contributed by atoms with Crippen molar-refractivity contribution in [1.82, 2.24) is 4.72 Å². The van der Waals surface area contributed by atoms with E-state index in [0.29, 0.717) is 11.4 Å². The van der Waals surface area contributed by atoms with E-state index in [4.69, 9.17) is 4.74 Å². The summed E-state index contributed by atoms with van der Waals surface area (Å²) in [5, 5.41) is 2.74. The van der Waals surface area contributed by atoms with Gasteiger partial charge in [0.05, 0.1) is 4.90 Å². The van der Waals surface area contributed by atoms with Crippen LogP contribution in [0.5, 0.6) is 5.75 Å². The first-order valence-electron chi connectivity index (χ1n) is 9.05. The standard InChI is InChI=1S/C22H22N2O4S/c1-17-7-9-19(10-8-17)24-22(25)16-28-20-11-13-21(14-12-20)29(26,27)23-15-18-5-3-2-4-6-18/h2-14,23H,15-16H2,1H3,(H,24,25). The van der Waals surface area contributed by atoms with Crippen molar-refractivity contribution in [3.05, 3.63) is 90.0 Å². The lowest BCUT2D eigenvalue weighted by Crippen LogP contribution is -2.23. The van der Waals surface area contributed by atoms with Gasteiger partial charge in [-0.1, -0.05) is 48.0 Å². The van der Waals surface area contributed by atoms with Gasteiger partial charge in [0.15, 0.2) is 6.61 Å². The molecule has 3 rings (SSSR count). The summed E-state index contributed by atoms with van der Waals surface area (Å²) in [6.07, 6.45) is 0. The second-order valence-corrected chi connectivity index (χ2v) is 8.25. The van der Waals surface area contributed by atoms with Crippen LogP contribution in [-0.2, 0) is 21.4 Å². The van der Waals surface area contributed by atoms with Crippen LogP contribution in [0.4, 0.5) is 5.69 Å². The number of anilines is 1. The quantitative estimate of drug-likeness (QED) is 0.595. The third kappa shape index (κ3) is 6.17. The van der Waals surface area contributed by atoms with E-state index in [-0.39, 0.29) is 24.0 Å². The number of benzene rings is 3. The summed E-state index contributed by atoms with van der Waals surface area (Å²) in [5.41, 5.74) is 2.67. The zero-order valence-electron chi connectivity index (χ0n) is 16.0. The van der Waals surface area contributed by atoms with Crippen LogP contribution < -0.4 is 14.8 Å². The molecule has 6 nitrogen and oxygen atoms in total. The van der Waals surface area contributed by atoms with Crippen molar-refractivity contribution in [2.75, 3.05) is 11.9 Å². The van der Waals surface area contributed by atoms with Crippen LogP contribution in [0, 0.1) is 6.92 Å². The third-order valence-electron chi connectivity index (χ3n) is 4.15. The Balaban J connectivity index is 1.52. The lowest BCUT2D eigenvalue weighted by atomic mass is 10.2. The minimum absolute atomic E-state index is 0.130. The van der Waals surface area contributed by atoms with E-state index in [9.17, 15) is 13.2 Å². The molecule has 0 spiro atoms. The molecular formula is C22H22N2O4S. The first-order valence-corrected chi connectivity index (χ1v) is 10.5. The van der Waals surface area contributed by atoms with E-state index in [1.807, 2.05) is 61.5 Å². The van der Waals surface area contributed by atoms with E-state index in [2.05, 4.69) is 10.0 Å². The molecule has 0 radical (unpaired) electrons. The Bertz CT molecular complexity index is 1050. The van der Waals surface area contributed by atoms with Crippen LogP contribution in [-0.4, -0.2) is 20.9 Å². The number of nitrogens with one attached hydrogen (secondary N) is 2. The molecule has 1 amide bonds. The first-order chi connectivity index (χ1) is 13.9. The number of aryl methyl sites for hydroxylation is 1. The maximum Gasteiger partial charge on any atom is 0.262 e. The fourth-order valence-corrected chi connectivity index (χ4v) is 3.57. The average Bonchev–Trinajstić information content (AvgIpc) is 2.74. The van der Waals surface area contributed by atoms with E-state index in [0.717, 1.165) is 11.1 Å². The summed E-state index contributed by atoms with van der Waals surface area (Å²) in [6, 6.07) is 22.6. The number of carbonyl (C=O) groups is 1. The van der Waals surface area contributed by atoms with Gasteiger partial charge in [-0.25, -0.2) is 13.1 Å². The summed E-state index contributed by atoms with van der Waals surface area (Å²) < 4.78 is 32.8. The molecule has 0 aliphatic heterocycles. The highest BCUT2D eigenvalue weighted by molar-refractivity contribution is 7.89. The fraction of sp³-hybridized carbons (Fsp3) is 0.136. The molecule has 3 aromatic carbocycles. The Hall–Kier alpha value is -3.16. The summed E-state index contributed by atoms with van der Waals surface area (Å²) in [7, 11) is -3.64. The maximum absolute atomic E-state index is 12.4. The van der Waals surface area contributed by atoms with Crippen molar-refractivity contribution in [2.45, 2.75) is 18.4 Å². The fourth-order valence-electron chi connectivity index (χ4n) is 2.56. The van der Waals surface area contributed by atoms with Crippen molar-refractivity contribution < 1.29 is 17.9 Å². The second-order valence-electron chi connectivity index (χ2n) is 6.48. The van der Waals surface area contributed by atoms with Crippen LogP contribution in [0.25, 0.3) is 0 Å². The van der Waals surface area contributed by atoms with Crippen LogP contribution in [0.15, 0.2) is 83.8 Å². The van der Waals surface area contributed by atoms with Crippen molar-refractivity contribution in [2.24, 2.45) is 0 Å². The van der Waals surface area contributed by atoms with Gasteiger partial charge in [-0.15, -0.1) is 0 Å². The normalized spacial score (nSPS) is 11.1. The van der Waals surface area contributed by atoms with Gasteiger partial charge >= 0.3 is 0 Å². The van der Waals surface area contributed by atoms with Gasteiger partial charge in [0.25, 0.3) is 5.91 Å². The highest BCUT2D eigenvalue weighted by atomic mass is 32.2. The minimum atomic E-state index is -3.64. The van der Waals surface area contributed by atoms with E-state index in [1.54, 1.807) is 0 Å². The average molecular weight is 410 g/mol. The van der Waals surface area contributed by atoms with Gasteiger partial charge in [-0.2, -0.15) is 0 Å². The molecule has 0 unspecified atom stereocenters. The zero-order chi connectivity index (χ0) is 20.7. The molecule has 0 saturated heterocycles. The summed E-state index contributed by atoms with van der Waals surface area (Å²) >= 11 is 0. The Kier molecular flexibility index (Phi) is 6.64. The van der Waals surface area contributed by atoms with Crippen LogP contribution in [0.3, 0.4) is 0 Å². The molecule has 0 atom stereocenters. The molecule has 29 heavy (non-hydrogen) atoms. The first kappa shape index (κ1) is 20.6. The number of sulfonamides is 1. The Labute approximate surface area is 170 Å². The summed E-state index contributed by atoms with van der Waals surface area (Å²) in [4.78, 5) is 12.1. The molecular weight excluding hydrogens is 388 g/mol. The lowest BCUT2D eigenvalue weighted by Gasteiger charge is -2.10. The molecule has 0 aromatic heterocycles. The molecule has 0 aliphatic carbocycles. The van der Waals surface area contributed by atoms with Crippen LogP contribution in [0.2, 0.25) is 0 Å². The number of ether oxygens (including phenoxy) is 1. The second kappa shape index (κ2) is 9.36. The Morgan fingerprint density at radius 1 is 0.897 bits per heavy atom. The van der Waals surface area contributed by atoms with E-state index >= 15 is 0 Å². The zero-order valence-corrected chi connectivity index (χ0v) is 16.8. The number of hydrogen-bond donors (Lipinski definition) is 2. The van der Waals surface area contributed by atoms with Gasteiger partial charge in [-0.3, -0.25) is 4.79 Å². The number of amides is 1. The maximum atomic E-state index is 12.4. The van der Waals surface area contributed by atoms with Gasteiger partial charge in [0, 0.05) is 12.2 Å². The molecule has 2 N–H and O–H groups in total. The Morgan fingerprint density at radius 2 is 1.55 bits per heavy atom. The molecule has 0 bridgehead atoms. The van der Waals surface area contributed by atoms with Crippen molar-refractivity contribution >= 4 is 21.6 Å². The SMILES string of the molecule is Cc1ccc(NC(=O)COc2ccc(S(=O)(=O)NCc3ccccc3)cc2)cc1. The molecule has 0 fully saturated rings. The van der Waals surface area contributed by atoms with Gasteiger partial charge < -0.3 is 10.1 Å². The molecule has 0 heterocycles. The van der Waals surface area contributed by atoms with Crippen LogP contribution >= 0.6 is 0 Å². The molecule has 150 valence electrons.